The Labute approximate surface area is 188 Å². The largest absolute Gasteiger partial charge is 0.497 e. The van der Waals surface area contributed by atoms with Crippen molar-refractivity contribution < 1.29 is 9.53 Å². The maximum absolute atomic E-state index is 13.0. The lowest BCUT2D eigenvalue weighted by molar-refractivity contribution is -0.127. The highest BCUT2D eigenvalue weighted by Gasteiger charge is 2.15. The van der Waals surface area contributed by atoms with E-state index in [1.54, 1.807) is 29.7 Å². The molecule has 1 aromatic heterocycles. The van der Waals surface area contributed by atoms with E-state index in [-0.39, 0.29) is 17.2 Å². The first-order valence-corrected chi connectivity index (χ1v) is 11.4. The molecule has 0 unspecified atom stereocenters. The van der Waals surface area contributed by atoms with Crippen molar-refractivity contribution in [3.05, 3.63) is 62.9 Å². The van der Waals surface area contributed by atoms with E-state index < -0.39 is 0 Å². The third-order valence-electron chi connectivity index (χ3n) is 4.63. The van der Waals surface area contributed by atoms with Crippen LogP contribution >= 0.6 is 27.7 Å². The minimum atomic E-state index is -0.0807. The van der Waals surface area contributed by atoms with Gasteiger partial charge in [0.05, 0.1) is 23.8 Å². The van der Waals surface area contributed by atoms with E-state index in [2.05, 4.69) is 20.9 Å². The molecule has 6 nitrogen and oxygen atoms in total. The third kappa shape index (κ3) is 5.23. The second kappa shape index (κ2) is 10.1. The quantitative estimate of drug-likeness (QED) is 0.348. The van der Waals surface area contributed by atoms with Gasteiger partial charge in [0.25, 0.3) is 5.56 Å². The van der Waals surface area contributed by atoms with Gasteiger partial charge in [0.15, 0.2) is 5.16 Å². The van der Waals surface area contributed by atoms with Crippen LogP contribution in [0.5, 0.6) is 5.75 Å². The number of hydrogen-bond acceptors (Lipinski definition) is 5. The number of rotatable bonds is 8. The molecule has 0 aliphatic heterocycles. The molecule has 8 heteroatoms. The summed E-state index contributed by atoms with van der Waals surface area (Å²) in [7, 11) is 3.39. The van der Waals surface area contributed by atoms with E-state index in [9.17, 15) is 9.59 Å². The van der Waals surface area contributed by atoms with Crippen LogP contribution in [0.25, 0.3) is 10.9 Å². The molecule has 158 valence electrons. The topological polar surface area (TPSA) is 64.4 Å². The Bertz CT molecular complexity index is 1120. The summed E-state index contributed by atoms with van der Waals surface area (Å²) < 4.78 is 7.74. The van der Waals surface area contributed by atoms with Crippen molar-refractivity contribution in [1.82, 2.24) is 14.5 Å². The SMILES string of the molecule is CCCn1c(SCC(=O)N(C)Cc2cccc(OC)c2)nc2ccc(Br)cc2c1=O. The smallest absolute Gasteiger partial charge is 0.262 e. The van der Waals surface area contributed by atoms with E-state index in [0.29, 0.717) is 29.1 Å². The fraction of sp³-hybridized carbons (Fsp3) is 0.318. The molecule has 30 heavy (non-hydrogen) atoms. The fourth-order valence-corrected chi connectivity index (χ4v) is 4.40. The summed E-state index contributed by atoms with van der Waals surface area (Å²) >= 11 is 4.71. The summed E-state index contributed by atoms with van der Waals surface area (Å²) in [6.45, 7) is 3.06. The highest BCUT2D eigenvalue weighted by atomic mass is 79.9. The van der Waals surface area contributed by atoms with Crippen molar-refractivity contribution >= 4 is 44.5 Å². The summed E-state index contributed by atoms with van der Waals surface area (Å²) in [6.07, 6.45) is 0.804. The van der Waals surface area contributed by atoms with Crippen LogP contribution in [0.3, 0.4) is 0 Å². The monoisotopic (exact) mass is 489 g/mol. The van der Waals surface area contributed by atoms with Crippen molar-refractivity contribution in [2.45, 2.75) is 31.6 Å². The number of fused-ring (bicyclic) bond motifs is 1. The lowest BCUT2D eigenvalue weighted by atomic mass is 10.2. The molecule has 1 amide bonds. The average molecular weight is 490 g/mol. The van der Waals surface area contributed by atoms with Crippen molar-refractivity contribution in [3.63, 3.8) is 0 Å². The highest BCUT2D eigenvalue weighted by molar-refractivity contribution is 9.10. The minimum Gasteiger partial charge on any atom is -0.497 e. The molecule has 0 aliphatic rings. The van der Waals surface area contributed by atoms with E-state index in [0.717, 1.165) is 22.2 Å². The molecular weight excluding hydrogens is 466 g/mol. The Hall–Kier alpha value is -2.32. The first-order chi connectivity index (χ1) is 14.4. The standard InChI is InChI=1S/C22H24BrN3O3S/c1-4-10-26-21(28)18-12-16(23)8-9-19(18)24-22(26)30-14-20(27)25(2)13-15-6-5-7-17(11-15)29-3/h5-9,11-12H,4,10,13-14H2,1-3H3. The summed E-state index contributed by atoms with van der Waals surface area (Å²) in [5, 5.41) is 1.14. The van der Waals surface area contributed by atoms with Gasteiger partial charge >= 0.3 is 0 Å². The molecule has 0 saturated heterocycles. The number of thioether (sulfide) groups is 1. The average Bonchev–Trinajstić information content (AvgIpc) is 2.74. The molecule has 0 bridgehead atoms. The first kappa shape index (κ1) is 22.4. The van der Waals surface area contributed by atoms with Gasteiger partial charge in [-0.3, -0.25) is 14.2 Å². The zero-order chi connectivity index (χ0) is 21.7. The zero-order valence-electron chi connectivity index (χ0n) is 17.2. The van der Waals surface area contributed by atoms with Gasteiger partial charge in [0, 0.05) is 24.6 Å². The first-order valence-electron chi connectivity index (χ1n) is 9.62. The number of nitrogens with zero attached hydrogens (tertiary/aromatic N) is 3. The van der Waals surface area contributed by atoms with Crippen LogP contribution in [0.15, 0.2) is 56.9 Å². The number of benzene rings is 2. The predicted octanol–water partition coefficient (Wildman–Crippen LogP) is 4.33. The highest BCUT2D eigenvalue weighted by Crippen LogP contribution is 2.21. The van der Waals surface area contributed by atoms with Crippen LogP contribution in [0.1, 0.15) is 18.9 Å². The summed E-state index contributed by atoms with van der Waals surface area (Å²) in [6, 6.07) is 13.1. The van der Waals surface area contributed by atoms with Crippen molar-refractivity contribution in [2.24, 2.45) is 0 Å². The Kier molecular flexibility index (Phi) is 7.55. The summed E-state index contributed by atoms with van der Waals surface area (Å²) in [5.41, 5.74) is 1.55. The normalized spacial score (nSPS) is 10.9. The predicted molar refractivity (Wildman–Crippen MR) is 124 cm³/mol. The van der Waals surface area contributed by atoms with Crippen LogP contribution in [-0.4, -0.2) is 40.3 Å². The number of methoxy groups -OCH3 is 1. The molecule has 0 radical (unpaired) electrons. The molecule has 0 spiro atoms. The Morgan fingerprint density at radius 2 is 2.07 bits per heavy atom. The van der Waals surface area contributed by atoms with Gasteiger partial charge < -0.3 is 9.64 Å². The van der Waals surface area contributed by atoms with E-state index >= 15 is 0 Å². The number of halogens is 1. The van der Waals surface area contributed by atoms with Gasteiger partial charge in [-0.25, -0.2) is 4.98 Å². The van der Waals surface area contributed by atoms with Crippen LogP contribution in [0.4, 0.5) is 0 Å². The Balaban J connectivity index is 1.76. The van der Waals surface area contributed by atoms with Crippen molar-refractivity contribution in [2.75, 3.05) is 19.9 Å². The molecule has 0 fully saturated rings. The number of aromatic nitrogens is 2. The summed E-state index contributed by atoms with van der Waals surface area (Å²) in [4.78, 5) is 32.0. The fourth-order valence-electron chi connectivity index (χ4n) is 3.07. The maximum atomic E-state index is 13.0. The molecule has 0 atom stereocenters. The number of hydrogen-bond donors (Lipinski definition) is 0. The van der Waals surface area contributed by atoms with E-state index in [1.165, 1.54) is 11.8 Å². The number of amides is 1. The van der Waals surface area contributed by atoms with Crippen LogP contribution in [0, 0.1) is 0 Å². The molecule has 3 rings (SSSR count). The Morgan fingerprint density at radius 1 is 1.27 bits per heavy atom. The third-order valence-corrected chi connectivity index (χ3v) is 6.09. The maximum Gasteiger partial charge on any atom is 0.262 e. The van der Waals surface area contributed by atoms with Crippen LogP contribution in [-0.2, 0) is 17.9 Å². The molecular formula is C22H24BrN3O3S. The second-order valence-corrected chi connectivity index (χ2v) is 8.76. The van der Waals surface area contributed by atoms with Gasteiger partial charge in [-0.2, -0.15) is 0 Å². The lowest BCUT2D eigenvalue weighted by Gasteiger charge is -2.18. The molecule has 3 aromatic rings. The van der Waals surface area contributed by atoms with Gasteiger partial charge in [0.2, 0.25) is 5.91 Å². The van der Waals surface area contributed by atoms with Crippen molar-refractivity contribution in [3.8, 4) is 5.75 Å². The molecule has 0 N–H and O–H groups in total. The van der Waals surface area contributed by atoms with Crippen molar-refractivity contribution in [1.29, 1.82) is 0 Å². The minimum absolute atomic E-state index is 0.0315. The zero-order valence-corrected chi connectivity index (χ0v) is 19.6. The van der Waals surface area contributed by atoms with Gasteiger partial charge in [-0.05, 0) is 42.3 Å². The molecule has 2 aromatic carbocycles. The van der Waals surface area contributed by atoms with E-state index in [4.69, 9.17) is 4.74 Å². The second-order valence-electron chi connectivity index (χ2n) is 6.90. The van der Waals surface area contributed by atoms with Gasteiger partial charge in [0.1, 0.15) is 5.75 Å². The molecule has 0 saturated carbocycles. The number of carbonyl (C=O) groups is 1. The van der Waals surface area contributed by atoms with Gasteiger partial charge in [-0.15, -0.1) is 0 Å². The van der Waals surface area contributed by atoms with Crippen LogP contribution in [0.2, 0.25) is 0 Å². The number of ether oxygens (including phenoxy) is 1. The van der Waals surface area contributed by atoms with Gasteiger partial charge in [-0.1, -0.05) is 46.7 Å². The van der Waals surface area contributed by atoms with E-state index in [1.807, 2.05) is 43.3 Å². The lowest BCUT2D eigenvalue weighted by Crippen LogP contribution is -2.29. The molecule has 1 heterocycles. The van der Waals surface area contributed by atoms with Crippen LogP contribution < -0.4 is 10.3 Å². The Morgan fingerprint density at radius 3 is 2.80 bits per heavy atom. The number of carbonyl (C=O) groups excluding carboxylic acids is 1. The molecule has 0 aliphatic carbocycles. The summed E-state index contributed by atoms with van der Waals surface area (Å²) in [5.74, 6) is 0.938.